The van der Waals surface area contributed by atoms with E-state index in [0.29, 0.717) is 11.5 Å². The summed E-state index contributed by atoms with van der Waals surface area (Å²) in [6, 6.07) is 7.23. The molecule has 1 saturated heterocycles. The monoisotopic (exact) mass is 297 g/mol. The molecule has 0 spiro atoms. The maximum atomic E-state index is 12.1. The van der Waals surface area contributed by atoms with Crippen molar-refractivity contribution in [3.05, 3.63) is 41.7 Å². The van der Waals surface area contributed by atoms with Crippen LogP contribution in [0.25, 0.3) is 0 Å². The van der Waals surface area contributed by atoms with Gasteiger partial charge in [0.15, 0.2) is 11.5 Å². The largest absolute Gasteiger partial charge is 0.355 e. The lowest BCUT2D eigenvalue weighted by atomic mass is 10.1. The summed E-state index contributed by atoms with van der Waals surface area (Å²) in [4.78, 5) is 18.5. The molecule has 0 bridgehead atoms. The highest BCUT2D eigenvalue weighted by atomic mass is 16.2. The van der Waals surface area contributed by atoms with Gasteiger partial charge >= 0.3 is 0 Å². The lowest BCUT2D eigenvalue weighted by Crippen LogP contribution is -2.30. The van der Waals surface area contributed by atoms with Crippen molar-refractivity contribution >= 4 is 17.5 Å². The maximum absolute atomic E-state index is 12.1. The molecular weight excluding hydrogens is 278 g/mol. The van der Waals surface area contributed by atoms with E-state index >= 15 is 0 Å². The fourth-order valence-electron chi connectivity index (χ4n) is 2.46. The Labute approximate surface area is 129 Å². The summed E-state index contributed by atoms with van der Waals surface area (Å²) in [6.45, 7) is 3.96. The van der Waals surface area contributed by atoms with E-state index in [2.05, 4.69) is 25.4 Å². The van der Waals surface area contributed by atoms with E-state index in [-0.39, 0.29) is 5.91 Å². The lowest BCUT2D eigenvalue weighted by Gasteiger charge is -2.27. The Morgan fingerprint density at radius 1 is 1.09 bits per heavy atom. The third kappa shape index (κ3) is 3.39. The minimum atomic E-state index is -0.297. The molecule has 1 fully saturated rings. The number of piperidine rings is 1. The van der Waals surface area contributed by atoms with E-state index in [0.717, 1.165) is 24.5 Å². The number of pyridine rings is 1. The van der Waals surface area contributed by atoms with Crippen molar-refractivity contribution in [2.75, 3.05) is 23.3 Å². The number of nitrogens with zero attached hydrogens (tertiary/aromatic N) is 4. The van der Waals surface area contributed by atoms with Crippen LogP contribution in [0.5, 0.6) is 0 Å². The van der Waals surface area contributed by atoms with Gasteiger partial charge in [-0.25, -0.2) is 4.98 Å². The molecule has 0 atom stereocenters. The van der Waals surface area contributed by atoms with Crippen molar-refractivity contribution in [1.82, 2.24) is 15.2 Å². The molecule has 22 heavy (non-hydrogen) atoms. The molecule has 0 aliphatic carbocycles. The normalized spacial score (nSPS) is 14.7. The second kappa shape index (κ2) is 6.51. The first-order chi connectivity index (χ1) is 10.7. The van der Waals surface area contributed by atoms with Gasteiger partial charge in [-0.2, -0.15) is 0 Å². The first-order valence-corrected chi connectivity index (χ1v) is 7.55. The predicted octanol–water partition coefficient (Wildman–Crippen LogP) is 2.42. The fraction of sp³-hybridized carbons (Fsp3) is 0.375. The highest BCUT2D eigenvalue weighted by Crippen LogP contribution is 2.16. The van der Waals surface area contributed by atoms with Gasteiger partial charge in [0.25, 0.3) is 5.91 Å². The SMILES string of the molecule is Cc1ccc(NC(=O)c2ccc(N3CCCCC3)nn2)nc1. The molecule has 1 N–H and O–H groups in total. The molecular formula is C16H19N5O. The van der Waals surface area contributed by atoms with E-state index in [4.69, 9.17) is 0 Å². The Morgan fingerprint density at radius 2 is 1.91 bits per heavy atom. The number of hydrogen-bond acceptors (Lipinski definition) is 5. The first kappa shape index (κ1) is 14.4. The zero-order valence-electron chi connectivity index (χ0n) is 12.6. The number of aromatic nitrogens is 3. The number of hydrogen-bond donors (Lipinski definition) is 1. The number of anilines is 2. The quantitative estimate of drug-likeness (QED) is 0.942. The van der Waals surface area contributed by atoms with Crippen LogP contribution in [0.2, 0.25) is 0 Å². The van der Waals surface area contributed by atoms with Crippen molar-refractivity contribution in [3.8, 4) is 0 Å². The Bertz CT molecular complexity index is 633. The summed E-state index contributed by atoms with van der Waals surface area (Å²) in [5.74, 6) is 1.05. The van der Waals surface area contributed by atoms with Crippen LogP contribution >= 0.6 is 0 Å². The highest BCUT2D eigenvalue weighted by molar-refractivity contribution is 6.02. The van der Waals surface area contributed by atoms with Crippen LogP contribution in [-0.4, -0.2) is 34.2 Å². The molecule has 0 radical (unpaired) electrons. The van der Waals surface area contributed by atoms with Crippen LogP contribution in [-0.2, 0) is 0 Å². The number of carbonyl (C=O) groups excluding carboxylic acids is 1. The molecule has 0 aromatic carbocycles. The van der Waals surface area contributed by atoms with Gasteiger partial charge in [0, 0.05) is 19.3 Å². The van der Waals surface area contributed by atoms with Crippen LogP contribution in [0.4, 0.5) is 11.6 Å². The molecule has 0 saturated carbocycles. The van der Waals surface area contributed by atoms with E-state index in [1.165, 1.54) is 19.3 Å². The van der Waals surface area contributed by atoms with E-state index in [1.54, 1.807) is 18.3 Å². The van der Waals surface area contributed by atoms with Crippen LogP contribution in [0.3, 0.4) is 0 Å². The molecule has 1 aliphatic rings. The van der Waals surface area contributed by atoms with Crippen LogP contribution in [0.15, 0.2) is 30.5 Å². The van der Waals surface area contributed by atoms with Gasteiger partial charge in [0.2, 0.25) is 0 Å². The lowest BCUT2D eigenvalue weighted by molar-refractivity contribution is 0.102. The second-order valence-corrected chi connectivity index (χ2v) is 5.50. The Kier molecular flexibility index (Phi) is 4.27. The molecule has 6 heteroatoms. The van der Waals surface area contributed by atoms with Gasteiger partial charge in [-0.15, -0.1) is 10.2 Å². The molecule has 114 valence electrons. The Morgan fingerprint density at radius 3 is 2.55 bits per heavy atom. The molecule has 1 aliphatic heterocycles. The summed E-state index contributed by atoms with van der Waals surface area (Å²) in [5.41, 5.74) is 1.34. The fourth-order valence-corrected chi connectivity index (χ4v) is 2.46. The van der Waals surface area contributed by atoms with Crippen molar-refractivity contribution in [3.63, 3.8) is 0 Å². The third-order valence-electron chi connectivity index (χ3n) is 3.72. The van der Waals surface area contributed by atoms with Crippen molar-refractivity contribution in [2.24, 2.45) is 0 Å². The maximum Gasteiger partial charge on any atom is 0.277 e. The zero-order chi connectivity index (χ0) is 15.4. The van der Waals surface area contributed by atoms with Crippen molar-refractivity contribution in [1.29, 1.82) is 0 Å². The highest BCUT2D eigenvalue weighted by Gasteiger charge is 2.14. The van der Waals surface area contributed by atoms with Gasteiger partial charge in [-0.1, -0.05) is 6.07 Å². The summed E-state index contributed by atoms with van der Waals surface area (Å²) < 4.78 is 0. The summed E-state index contributed by atoms with van der Waals surface area (Å²) >= 11 is 0. The number of rotatable bonds is 3. The number of amides is 1. The minimum absolute atomic E-state index is 0.295. The van der Waals surface area contributed by atoms with E-state index in [1.807, 2.05) is 19.1 Å². The molecule has 6 nitrogen and oxygen atoms in total. The molecule has 2 aromatic heterocycles. The first-order valence-electron chi connectivity index (χ1n) is 7.55. The summed E-state index contributed by atoms with van der Waals surface area (Å²) in [5, 5.41) is 10.9. The van der Waals surface area contributed by atoms with Gasteiger partial charge in [-0.05, 0) is 49.9 Å². The topological polar surface area (TPSA) is 71.0 Å². The smallest absolute Gasteiger partial charge is 0.277 e. The van der Waals surface area contributed by atoms with Gasteiger partial charge < -0.3 is 10.2 Å². The van der Waals surface area contributed by atoms with Crippen molar-refractivity contribution < 1.29 is 4.79 Å². The van der Waals surface area contributed by atoms with E-state index < -0.39 is 0 Å². The van der Waals surface area contributed by atoms with Gasteiger partial charge in [-0.3, -0.25) is 4.79 Å². The third-order valence-corrected chi connectivity index (χ3v) is 3.72. The van der Waals surface area contributed by atoms with Crippen LogP contribution in [0.1, 0.15) is 35.3 Å². The molecule has 0 unspecified atom stereocenters. The van der Waals surface area contributed by atoms with E-state index in [9.17, 15) is 4.79 Å². The Hall–Kier alpha value is -2.50. The second-order valence-electron chi connectivity index (χ2n) is 5.50. The minimum Gasteiger partial charge on any atom is -0.355 e. The number of carbonyl (C=O) groups is 1. The predicted molar refractivity (Wildman–Crippen MR) is 85.0 cm³/mol. The summed E-state index contributed by atoms with van der Waals surface area (Å²) in [7, 11) is 0. The van der Waals surface area contributed by atoms with Gasteiger partial charge in [0.05, 0.1) is 0 Å². The molecule has 3 heterocycles. The molecule has 1 amide bonds. The van der Waals surface area contributed by atoms with Crippen LogP contribution < -0.4 is 10.2 Å². The summed E-state index contributed by atoms with van der Waals surface area (Å²) in [6.07, 6.45) is 5.35. The average Bonchev–Trinajstić information content (AvgIpc) is 2.58. The van der Waals surface area contributed by atoms with Gasteiger partial charge in [0.1, 0.15) is 5.82 Å². The number of nitrogens with one attached hydrogen (secondary N) is 1. The standard InChI is InChI=1S/C16H19N5O/c1-12-5-7-14(17-11-12)18-16(22)13-6-8-15(20-19-13)21-9-3-2-4-10-21/h5-8,11H,2-4,9-10H2,1H3,(H,17,18,22). The Balaban J connectivity index is 1.66. The average molecular weight is 297 g/mol. The molecule has 2 aromatic rings. The number of aryl methyl sites for hydroxylation is 1. The van der Waals surface area contributed by atoms with Crippen LogP contribution in [0, 0.1) is 6.92 Å². The molecule has 3 rings (SSSR count). The zero-order valence-corrected chi connectivity index (χ0v) is 12.6. The van der Waals surface area contributed by atoms with Crippen molar-refractivity contribution in [2.45, 2.75) is 26.2 Å².